The first-order chi connectivity index (χ1) is 8.33. The van der Waals surface area contributed by atoms with Crippen LogP contribution in [0.2, 0.25) is 0 Å². The molecule has 17 heavy (non-hydrogen) atoms. The summed E-state index contributed by atoms with van der Waals surface area (Å²) in [6.07, 6.45) is 3.90. The van der Waals surface area contributed by atoms with Crippen LogP contribution in [0.3, 0.4) is 0 Å². The molecule has 0 aliphatic carbocycles. The molecule has 1 aliphatic rings. The van der Waals surface area contributed by atoms with Gasteiger partial charge in [0, 0.05) is 11.5 Å². The Morgan fingerprint density at radius 2 is 2.41 bits per heavy atom. The van der Waals surface area contributed by atoms with Crippen LogP contribution >= 0.6 is 11.3 Å². The normalized spacial score (nSPS) is 20.6. The number of thiophene rings is 1. The largest absolute Gasteiger partial charge is 0.379 e. The summed E-state index contributed by atoms with van der Waals surface area (Å²) in [7, 11) is 0. The highest BCUT2D eigenvalue weighted by atomic mass is 32.1. The van der Waals surface area contributed by atoms with E-state index in [0.717, 1.165) is 42.1 Å². The fourth-order valence-electron chi connectivity index (χ4n) is 2.14. The average molecular weight is 249 g/mol. The first-order valence-electron chi connectivity index (χ1n) is 5.88. The zero-order chi connectivity index (χ0) is 11.7. The van der Waals surface area contributed by atoms with Crippen molar-refractivity contribution >= 4 is 27.4 Å². The standard InChI is InChI=1S/C12H15N3OS/c1-8-5-10-11(13-7-14-12(10)17-8)15-9-3-2-4-16-6-9/h5,7,9H,2-4,6H2,1H3,(H,13,14,15). The molecule has 3 rings (SSSR count). The predicted octanol–water partition coefficient (Wildman–Crippen LogP) is 2.59. The molecule has 0 aromatic carbocycles. The van der Waals surface area contributed by atoms with Gasteiger partial charge >= 0.3 is 0 Å². The van der Waals surface area contributed by atoms with Crippen LogP contribution in [0.5, 0.6) is 0 Å². The lowest BCUT2D eigenvalue weighted by molar-refractivity contribution is 0.0875. The lowest BCUT2D eigenvalue weighted by Crippen LogP contribution is -2.30. The minimum atomic E-state index is 0.377. The Kier molecular flexibility index (Phi) is 2.94. The van der Waals surface area contributed by atoms with E-state index in [1.165, 1.54) is 4.88 Å². The lowest BCUT2D eigenvalue weighted by Gasteiger charge is -2.23. The minimum Gasteiger partial charge on any atom is -0.379 e. The molecule has 1 saturated heterocycles. The summed E-state index contributed by atoms with van der Waals surface area (Å²) in [5, 5.41) is 4.59. The van der Waals surface area contributed by atoms with Crippen LogP contribution in [0.25, 0.3) is 10.2 Å². The number of ether oxygens (including phenoxy) is 1. The second-order valence-corrected chi connectivity index (χ2v) is 5.59. The van der Waals surface area contributed by atoms with Crippen LogP contribution in [0.1, 0.15) is 17.7 Å². The van der Waals surface area contributed by atoms with Gasteiger partial charge in [-0.25, -0.2) is 9.97 Å². The van der Waals surface area contributed by atoms with E-state index >= 15 is 0 Å². The third kappa shape index (κ3) is 2.25. The zero-order valence-electron chi connectivity index (χ0n) is 9.77. The smallest absolute Gasteiger partial charge is 0.138 e. The number of aryl methyl sites for hydroxylation is 1. The maximum absolute atomic E-state index is 5.47. The SMILES string of the molecule is Cc1cc2c(NC3CCCOC3)ncnc2s1. The summed E-state index contributed by atoms with van der Waals surface area (Å²) in [6, 6.07) is 2.52. The molecule has 5 heteroatoms. The molecule has 1 N–H and O–H groups in total. The minimum absolute atomic E-state index is 0.377. The summed E-state index contributed by atoms with van der Waals surface area (Å²) in [4.78, 5) is 11.0. The summed E-state index contributed by atoms with van der Waals surface area (Å²) < 4.78 is 5.47. The molecule has 0 spiro atoms. The quantitative estimate of drug-likeness (QED) is 0.888. The number of nitrogens with zero attached hydrogens (tertiary/aromatic N) is 2. The molecule has 0 saturated carbocycles. The van der Waals surface area contributed by atoms with Crippen molar-refractivity contribution < 1.29 is 4.74 Å². The van der Waals surface area contributed by atoms with Crippen molar-refractivity contribution in [1.29, 1.82) is 0 Å². The molecule has 1 atom stereocenters. The van der Waals surface area contributed by atoms with Gasteiger partial charge in [-0.2, -0.15) is 0 Å². The van der Waals surface area contributed by atoms with Crippen LogP contribution in [0.15, 0.2) is 12.4 Å². The van der Waals surface area contributed by atoms with Crippen molar-refractivity contribution in [3.63, 3.8) is 0 Å². The lowest BCUT2D eigenvalue weighted by atomic mass is 10.1. The van der Waals surface area contributed by atoms with E-state index in [2.05, 4.69) is 28.3 Å². The van der Waals surface area contributed by atoms with Gasteiger partial charge in [0.15, 0.2) is 0 Å². The van der Waals surface area contributed by atoms with Gasteiger partial charge in [0.2, 0.25) is 0 Å². The van der Waals surface area contributed by atoms with Gasteiger partial charge in [0.25, 0.3) is 0 Å². The van der Waals surface area contributed by atoms with Crippen LogP contribution < -0.4 is 5.32 Å². The van der Waals surface area contributed by atoms with Gasteiger partial charge < -0.3 is 10.1 Å². The molecule has 2 aromatic rings. The van der Waals surface area contributed by atoms with E-state index in [4.69, 9.17) is 4.74 Å². The summed E-state index contributed by atoms with van der Waals surface area (Å²) in [5.41, 5.74) is 0. The van der Waals surface area contributed by atoms with Gasteiger partial charge in [0.05, 0.1) is 18.0 Å². The first kappa shape index (κ1) is 10.9. The average Bonchev–Trinajstić information content (AvgIpc) is 2.72. The molecule has 0 radical (unpaired) electrons. The Bertz CT molecular complexity index is 519. The Balaban J connectivity index is 1.88. The molecule has 2 aromatic heterocycles. The van der Waals surface area contributed by atoms with E-state index in [-0.39, 0.29) is 0 Å². The molecule has 3 heterocycles. The predicted molar refractivity (Wildman–Crippen MR) is 69.6 cm³/mol. The molecular weight excluding hydrogens is 234 g/mol. The Hall–Kier alpha value is -1.20. The molecular formula is C12H15N3OS. The van der Waals surface area contributed by atoms with Crippen molar-refractivity contribution in [3.8, 4) is 0 Å². The highest BCUT2D eigenvalue weighted by Crippen LogP contribution is 2.28. The molecule has 1 unspecified atom stereocenters. The monoisotopic (exact) mass is 249 g/mol. The van der Waals surface area contributed by atoms with Gasteiger partial charge in [-0.1, -0.05) is 0 Å². The van der Waals surface area contributed by atoms with E-state index in [0.29, 0.717) is 6.04 Å². The van der Waals surface area contributed by atoms with E-state index in [1.807, 2.05) is 0 Å². The summed E-state index contributed by atoms with van der Waals surface area (Å²) in [6.45, 7) is 3.75. The number of fused-ring (bicyclic) bond motifs is 1. The zero-order valence-corrected chi connectivity index (χ0v) is 10.6. The molecule has 4 nitrogen and oxygen atoms in total. The first-order valence-corrected chi connectivity index (χ1v) is 6.70. The van der Waals surface area contributed by atoms with Gasteiger partial charge in [-0.15, -0.1) is 11.3 Å². The summed E-state index contributed by atoms with van der Waals surface area (Å²) in [5.74, 6) is 0.940. The van der Waals surface area contributed by atoms with Crippen molar-refractivity contribution in [2.75, 3.05) is 18.5 Å². The Morgan fingerprint density at radius 3 is 3.24 bits per heavy atom. The van der Waals surface area contributed by atoms with Gasteiger partial charge in [-0.05, 0) is 25.8 Å². The van der Waals surface area contributed by atoms with Crippen molar-refractivity contribution in [1.82, 2.24) is 9.97 Å². The maximum atomic E-state index is 5.47. The van der Waals surface area contributed by atoms with Crippen LogP contribution in [0, 0.1) is 6.92 Å². The summed E-state index contributed by atoms with van der Waals surface area (Å²) >= 11 is 1.71. The fourth-order valence-corrected chi connectivity index (χ4v) is 2.99. The second kappa shape index (κ2) is 4.58. The Labute approximate surface area is 104 Å². The topological polar surface area (TPSA) is 47.0 Å². The number of hydrogen-bond acceptors (Lipinski definition) is 5. The number of rotatable bonds is 2. The highest BCUT2D eigenvalue weighted by molar-refractivity contribution is 7.18. The van der Waals surface area contributed by atoms with Crippen molar-refractivity contribution in [2.45, 2.75) is 25.8 Å². The van der Waals surface area contributed by atoms with Gasteiger partial charge in [-0.3, -0.25) is 0 Å². The van der Waals surface area contributed by atoms with Crippen LogP contribution in [-0.2, 0) is 4.74 Å². The van der Waals surface area contributed by atoms with Crippen LogP contribution in [0.4, 0.5) is 5.82 Å². The number of aromatic nitrogens is 2. The number of nitrogens with one attached hydrogen (secondary N) is 1. The van der Waals surface area contributed by atoms with E-state index in [9.17, 15) is 0 Å². The second-order valence-electron chi connectivity index (χ2n) is 4.36. The maximum Gasteiger partial charge on any atom is 0.138 e. The number of hydrogen-bond donors (Lipinski definition) is 1. The third-order valence-corrected chi connectivity index (χ3v) is 3.91. The molecule has 1 fully saturated rings. The van der Waals surface area contributed by atoms with Crippen molar-refractivity contribution in [3.05, 3.63) is 17.3 Å². The van der Waals surface area contributed by atoms with E-state index < -0.39 is 0 Å². The Morgan fingerprint density at radius 1 is 1.47 bits per heavy atom. The highest BCUT2D eigenvalue weighted by Gasteiger charge is 2.15. The van der Waals surface area contributed by atoms with E-state index in [1.54, 1.807) is 17.7 Å². The molecule has 1 aliphatic heterocycles. The number of anilines is 1. The molecule has 90 valence electrons. The fraction of sp³-hybridized carbons (Fsp3) is 0.500. The van der Waals surface area contributed by atoms with Gasteiger partial charge in [0.1, 0.15) is 17.0 Å². The third-order valence-electron chi connectivity index (χ3n) is 2.95. The van der Waals surface area contributed by atoms with Crippen LogP contribution in [-0.4, -0.2) is 29.2 Å². The molecule has 0 amide bonds. The van der Waals surface area contributed by atoms with Crippen molar-refractivity contribution in [2.24, 2.45) is 0 Å². The molecule has 0 bridgehead atoms.